The van der Waals surface area contributed by atoms with Gasteiger partial charge in [0.05, 0.1) is 7.11 Å². The minimum Gasteiger partial charge on any atom is -0.497 e. The van der Waals surface area contributed by atoms with Crippen LogP contribution in [0.2, 0.25) is 0 Å². The molecule has 0 bridgehead atoms. The van der Waals surface area contributed by atoms with E-state index >= 15 is 0 Å². The highest BCUT2D eigenvalue weighted by molar-refractivity contribution is 7.80. The second kappa shape index (κ2) is 12.5. The number of benzene rings is 2. The number of hydrogen-bond donors (Lipinski definition) is 2. The number of ether oxygens (including phenoxy) is 1. The number of thiocarbonyl (C=S) groups is 1. The number of aromatic nitrogens is 2. The van der Waals surface area contributed by atoms with Crippen molar-refractivity contribution >= 4 is 40.6 Å². The fourth-order valence-electron chi connectivity index (χ4n) is 5.56. The summed E-state index contributed by atoms with van der Waals surface area (Å²) in [5.74, 6) is 4.54. The molecule has 2 saturated heterocycles. The van der Waals surface area contributed by atoms with Crippen LogP contribution in [-0.2, 0) is 6.54 Å². The SMILES string of the molecule is COc1ccc(CNC(=S)Nc2nc(N3CCN(c4ccccc4)CC3)cc(N3CC(C)CC(C)C3)n2)cc1. The van der Waals surface area contributed by atoms with Crippen LogP contribution in [0.3, 0.4) is 0 Å². The van der Waals surface area contributed by atoms with E-state index in [1.807, 2.05) is 24.3 Å². The van der Waals surface area contributed by atoms with Crippen molar-refractivity contribution < 1.29 is 4.74 Å². The van der Waals surface area contributed by atoms with Crippen LogP contribution in [-0.4, -0.2) is 61.5 Å². The molecule has 2 aliphatic heterocycles. The number of anilines is 4. The lowest BCUT2D eigenvalue weighted by atomic mass is 9.92. The molecule has 9 heteroatoms. The summed E-state index contributed by atoms with van der Waals surface area (Å²) in [5, 5.41) is 7.05. The van der Waals surface area contributed by atoms with Gasteiger partial charge in [0.25, 0.3) is 0 Å². The minimum absolute atomic E-state index is 0.503. The summed E-state index contributed by atoms with van der Waals surface area (Å²) in [6, 6.07) is 20.7. The monoisotopic (exact) mass is 545 g/mol. The van der Waals surface area contributed by atoms with Crippen LogP contribution < -0.4 is 30.1 Å². The second-order valence-corrected chi connectivity index (χ2v) is 11.1. The third-order valence-electron chi connectivity index (χ3n) is 7.45. The molecule has 0 spiro atoms. The van der Waals surface area contributed by atoms with Crippen molar-refractivity contribution in [2.75, 3.05) is 66.4 Å². The third kappa shape index (κ3) is 7.09. The maximum absolute atomic E-state index is 5.63. The van der Waals surface area contributed by atoms with E-state index in [1.165, 1.54) is 12.1 Å². The van der Waals surface area contributed by atoms with Crippen molar-refractivity contribution in [1.29, 1.82) is 0 Å². The summed E-state index contributed by atoms with van der Waals surface area (Å²) >= 11 is 5.63. The molecule has 2 N–H and O–H groups in total. The first kappa shape index (κ1) is 27.0. The molecule has 0 aliphatic carbocycles. The van der Waals surface area contributed by atoms with Crippen molar-refractivity contribution in [2.45, 2.75) is 26.8 Å². The van der Waals surface area contributed by atoms with Gasteiger partial charge in [-0.1, -0.05) is 44.2 Å². The number of para-hydroxylation sites is 1. The summed E-state index contributed by atoms with van der Waals surface area (Å²) < 4.78 is 5.25. The number of methoxy groups -OCH3 is 1. The largest absolute Gasteiger partial charge is 0.497 e. The maximum Gasteiger partial charge on any atom is 0.232 e. The highest BCUT2D eigenvalue weighted by Crippen LogP contribution is 2.29. The Hall–Kier alpha value is -3.59. The van der Waals surface area contributed by atoms with Gasteiger partial charge in [-0.3, -0.25) is 0 Å². The van der Waals surface area contributed by atoms with Crippen molar-refractivity contribution in [1.82, 2.24) is 15.3 Å². The Morgan fingerprint density at radius 3 is 2.13 bits per heavy atom. The summed E-state index contributed by atoms with van der Waals surface area (Å²) in [4.78, 5) is 17.0. The smallest absolute Gasteiger partial charge is 0.232 e. The Morgan fingerprint density at radius 1 is 0.872 bits per heavy atom. The normalized spacial score (nSPS) is 19.5. The Bertz CT molecular complexity index is 1220. The first-order valence-electron chi connectivity index (χ1n) is 13.8. The van der Waals surface area contributed by atoms with Crippen LogP contribution in [0.15, 0.2) is 60.7 Å². The number of nitrogens with one attached hydrogen (secondary N) is 2. The topological polar surface area (TPSA) is 68.8 Å². The van der Waals surface area contributed by atoms with Gasteiger partial charge in [-0.15, -0.1) is 0 Å². The fraction of sp³-hybridized carbons (Fsp3) is 0.433. The average Bonchev–Trinajstić information content (AvgIpc) is 2.96. The van der Waals surface area contributed by atoms with E-state index in [2.05, 4.69) is 75.6 Å². The van der Waals surface area contributed by atoms with Crippen molar-refractivity contribution in [2.24, 2.45) is 11.8 Å². The molecular weight excluding hydrogens is 506 g/mol. The second-order valence-electron chi connectivity index (χ2n) is 10.7. The first-order valence-corrected chi connectivity index (χ1v) is 14.2. The summed E-state index contributed by atoms with van der Waals surface area (Å²) in [5.41, 5.74) is 2.38. The molecule has 2 unspecified atom stereocenters. The molecule has 39 heavy (non-hydrogen) atoms. The molecule has 0 radical (unpaired) electrons. The molecule has 2 fully saturated rings. The maximum atomic E-state index is 5.63. The molecule has 0 amide bonds. The lowest BCUT2D eigenvalue weighted by molar-refractivity contribution is 0.355. The van der Waals surface area contributed by atoms with Crippen molar-refractivity contribution in [3.8, 4) is 5.75 Å². The van der Waals surface area contributed by atoms with Gasteiger partial charge in [0.15, 0.2) is 5.11 Å². The summed E-state index contributed by atoms with van der Waals surface area (Å²) in [6.45, 7) is 11.0. The molecule has 206 valence electrons. The number of rotatable bonds is 7. The Morgan fingerprint density at radius 2 is 1.49 bits per heavy atom. The van der Waals surface area contributed by atoms with Crippen LogP contribution >= 0.6 is 12.2 Å². The van der Waals surface area contributed by atoms with Crippen LogP contribution in [0.1, 0.15) is 25.8 Å². The number of piperazine rings is 1. The first-order chi connectivity index (χ1) is 19.0. The van der Waals surface area contributed by atoms with E-state index in [0.717, 1.165) is 62.2 Å². The third-order valence-corrected chi connectivity index (χ3v) is 7.70. The van der Waals surface area contributed by atoms with Gasteiger partial charge < -0.3 is 30.1 Å². The van der Waals surface area contributed by atoms with E-state index in [-0.39, 0.29) is 0 Å². The Labute approximate surface area is 237 Å². The van der Waals surface area contributed by atoms with Crippen molar-refractivity contribution in [3.63, 3.8) is 0 Å². The molecule has 2 aromatic carbocycles. The van der Waals surface area contributed by atoms with Crippen molar-refractivity contribution in [3.05, 3.63) is 66.2 Å². The van der Waals surface area contributed by atoms with Gasteiger partial charge in [-0.2, -0.15) is 9.97 Å². The Kier molecular flexibility index (Phi) is 8.66. The molecule has 3 aromatic rings. The number of piperidine rings is 1. The quantitative estimate of drug-likeness (QED) is 0.408. The van der Waals surface area contributed by atoms with E-state index < -0.39 is 0 Å². The highest BCUT2D eigenvalue weighted by Gasteiger charge is 2.25. The molecule has 3 heterocycles. The van der Waals surface area contributed by atoms with Gasteiger partial charge in [0, 0.05) is 57.6 Å². The fourth-order valence-corrected chi connectivity index (χ4v) is 5.72. The van der Waals surface area contributed by atoms with Gasteiger partial charge >= 0.3 is 0 Å². The average molecular weight is 546 g/mol. The summed E-state index contributed by atoms with van der Waals surface area (Å²) in [7, 11) is 1.67. The molecular formula is C30H39N7OS. The van der Waals surface area contributed by atoms with Crippen LogP contribution in [0.25, 0.3) is 0 Å². The van der Waals surface area contributed by atoms with E-state index in [4.69, 9.17) is 26.9 Å². The Balaban J connectivity index is 1.30. The highest BCUT2D eigenvalue weighted by atomic mass is 32.1. The number of hydrogen-bond acceptors (Lipinski definition) is 7. The molecule has 5 rings (SSSR count). The predicted molar refractivity (Wildman–Crippen MR) is 164 cm³/mol. The van der Waals surface area contributed by atoms with E-state index in [9.17, 15) is 0 Å². The zero-order chi connectivity index (χ0) is 27.2. The predicted octanol–water partition coefficient (Wildman–Crippen LogP) is 4.78. The van der Waals surface area contributed by atoms with Gasteiger partial charge in [-0.25, -0.2) is 0 Å². The van der Waals surface area contributed by atoms with Crippen LogP contribution in [0.4, 0.5) is 23.3 Å². The molecule has 2 atom stereocenters. The summed E-state index contributed by atoms with van der Waals surface area (Å²) in [6.07, 6.45) is 1.25. The lowest BCUT2D eigenvalue weighted by Crippen LogP contribution is -2.47. The lowest BCUT2D eigenvalue weighted by Gasteiger charge is -2.38. The van der Waals surface area contributed by atoms with E-state index in [0.29, 0.717) is 29.4 Å². The van der Waals surface area contributed by atoms with Gasteiger partial charge in [0.1, 0.15) is 17.4 Å². The standard InChI is InChI=1S/C30H39N7OS/c1-22-17-23(2)21-37(20-22)28-18-27(36-15-13-35(14-16-36)25-7-5-4-6-8-25)32-29(33-28)34-30(39)31-19-24-9-11-26(38-3)12-10-24/h4-12,18,22-23H,13-17,19-21H2,1-3H3,(H2,31,32,33,34,39). The van der Waals surface area contributed by atoms with Gasteiger partial charge in [-0.05, 0) is 60.3 Å². The zero-order valence-corrected chi connectivity index (χ0v) is 24.0. The molecule has 0 saturated carbocycles. The number of nitrogens with zero attached hydrogens (tertiary/aromatic N) is 5. The van der Waals surface area contributed by atoms with Gasteiger partial charge in [0.2, 0.25) is 5.95 Å². The van der Waals surface area contributed by atoms with E-state index in [1.54, 1.807) is 7.11 Å². The minimum atomic E-state index is 0.503. The van der Waals surface area contributed by atoms with Crippen LogP contribution in [0.5, 0.6) is 5.75 Å². The van der Waals surface area contributed by atoms with Crippen LogP contribution in [0, 0.1) is 11.8 Å². The molecule has 2 aliphatic rings. The zero-order valence-electron chi connectivity index (χ0n) is 23.1. The molecule has 1 aromatic heterocycles. The molecule has 8 nitrogen and oxygen atoms in total.